The van der Waals surface area contributed by atoms with Gasteiger partial charge in [0.1, 0.15) is 11.9 Å². The van der Waals surface area contributed by atoms with Gasteiger partial charge in [0.25, 0.3) is 0 Å². The van der Waals surface area contributed by atoms with Crippen LogP contribution in [0.25, 0.3) is 5.57 Å². The van der Waals surface area contributed by atoms with Crippen LogP contribution >= 0.6 is 11.8 Å². The van der Waals surface area contributed by atoms with Crippen molar-refractivity contribution in [1.29, 1.82) is 0 Å². The Balaban J connectivity index is 1.78. The van der Waals surface area contributed by atoms with E-state index in [1.54, 1.807) is 0 Å². The Kier molecular flexibility index (Phi) is 4.87. The number of benzene rings is 1. The molecule has 2 aliphatic rings. The first-order valence-corrected chi connectivity index (χ1v) is 8.62. The third-order valence-corrected chi connectivity index (χ3v) is 4.92. The standard InChI is InChI=1S/C16H17FN2O5S/c1-8(20)18-5-10-6-19(16(23)24-10)9-2-3-11(12(17)4-9)14-13(21)7-25-15(14)22/h2-4,10,13,21-22H,5-7H2,1H3,(H,18,20)/t10?,13-/m1/s1. The SMILES string of the molecule is CC(=O)NCC1CN(c2ccc(C3=C(O)SC[C@H]3O)c(F)c2)C(=O)O1. The van der Waals surface area contributed by atoms with E-state index in [2.05, 4.69) is 5.32 Å². The van der Waals surface area contributed by atoms with Crippen LogP contribution in [0.4, 0.5) is 14.9 Å². The van der Waals surface area contributed by atoms with E-state index in [-0.39, 0.29) is 41.0 Å². The molecule has 3 N–H and O–H groups in total. The molecule has 1 unspecified atom stereocenters. The smallest absolute Gasteiger partial charge is 0.414 e. The molecular weight excluding hydrogens is 351 g/mol. The highest BCUT2D eigenvalue weighted by atomic mass is 32.2. The number of thioether (sulfide) groups is 1. The van der Waals surface area contributed by atoms with E-state index in [4.69, 9.17) is 4.74 Å². The number of cyclic esters (lactones) is 1. The van der Waals surface area contributed by atoms with E-state index >= 15 is 0 Å². The molecular formula is C16H17FN2O5S. The van der Waals surface area contributed by atoms with Crippen molar-refractivity contribution < 1.29 is 28.9 Å². The van der Waals surface area contributed by atoms with Crippen LogP contribution in [-0.2, 0) is 9.53 Å². The lowest BCUT2D eigenvalue weighted by Crippen LogP contribution is -2.33. The number of aliphatic hydroxyl groups excluding tert-OH is 2. The number of ether oxygens (including phenoxy) is 1. The summed E-state index contributed by atoms with van der Waals surface area (Å²) < 4.78 is 19.6. The van der Waals surface area contributed by atoms with Crippen molar-refractivity contribution >= 4 is 35.0 Å². The molecule has 7 nitrogen and oxygen atoms in total. The number of carbonyl (C=O) groups excluding carboxylic acids is 2. The number of rotatable bonds is 4. The number of anilines is 1. The van der Waals surface area contributed by atoms with Gasteiger partial charge in [0.05, 0.1) is 24.9 Å². The summed E-state index contributed by atoms with van der Waals surface area (Å²) in [6.07, 6.45) is -2.08. The summed E-state index contributed by atoms with van der Waals surface area (Å²) in [7, 11) is 0. The Labute approximate surface area is 147 Å². The van der Waals surface area contributed by atoms with Gasteiger partial charge in [0.15, 0.2) is 5.09 Å². The van der Waals surface area contributed by atoms with Gasteiger partial charge in [-0.05, 0) is 18.2 Å². The Morgan fingerprint density at radius 2 is 2.28 bits per heavy atom. The van der Waals surface area contributed by atoms with Crippen molar-refractivity contribution in [3.05, 3.63) is 34.7 Å². The normalized spacial score (nSPS) is 23.2. The highest BCUT2D eigenvalue weighted by molar-refractivity contribution is 8.03. The average Bonchev–Trinajstić information content (AvgIpc) is 3.08. The van der Waals surface area contributed by atoms with Gasteiger partial charge >= 0.3 is 6.09 Å². The molecule has 2 atom stereocenters. The lowest BCUT2D eigenvalue weighted by Gasteiger charge is -2.15. The van der Waals surface area contributed by atoms with E-state index in [0.29, 0.717) is 5.69 Å². The highest BCUT2D eigenvalue weighted by Crippen LogP contribution is 2.38. The summed E-state index contributed by atoms with van der Waals surface area (Å²) in [5, 5.41) is 22.1. The third kappa shape index (κ3) is 3.57. The quantitative estimate of drug-likeness (QED) is 0.747. The molecule has 1 aromatic rings. The number of carbonyl (C=O) groups is 2. The molecule has 0 radical (unpaired) electrons. The van der Waals surface area contributed by atoms with Crippen LogP contribution in [0.15, 0.2) is 23.3 Å². The molecule has 0 bridgehead atoms. The Morgan fingerprint density at radius 1 is 1.52 bits per heavy atom. The van der Waals surface area contributed by atoms with Crippen LogP contribution in [-0.4, -0.2) is 53.3 Å². The number of amides is 2. The van der Waals surface area contributed by atoms with Gasteiger partial charge in [-0.2, -0.15) is 0 Å². The molecule has 2 amide bonds. The second-order valence-electron chi connectivity index (χ2n) is 5.76. The zero-order chi connectivity index (χ0) is 18.1. The molecule has 1 saturated heterocycles. The zero-order valence-corrected chi connectivity index (χ0v) is 14.2. The Bertz CT molecular complexity index is 754. The Morgan fingerprint density at radius 3 is 2.88 bits per heavy atom. The third-order valence-electron chi connectivity index (χ3n) is 3.95. The van der Waals surface area contributed by atoms with Gasteiger partial charge < -0.3 is 20.3 Å². The fraction of sp³-hybridized carbons (Fsp3) is 0.375. The summed E-state index contributed by atoms with van der Waals surface area (Å²) in [6.45, 7) is 1.73. The molecule has 9 heteroatoms. The molecule has 25 heavy (non-hydrogen) atoms. The van der Waals surface area contributed by atoms with Crippen molar-refractivity contribution in [2.75, 3.05) is 23.7 Å². The molecule has 0 spiro atoms. The number of nitrogens with zero attached hydrogens (tertiary/aromatic N) is 1. The summed E-state index contributed by atoms with van der Waals surface area (Å²) in [5.74, 6) is -0.615. The van der Waals surface area contributed by atoms with Crippen molar-refractivity contribution in [2.45, 2.75) is 19.1 Å². The first kappa shape index (κ1) is 17.6. The van der Waals surface area contributed by atoms with Crippen LogP contribution in [0.5, 0.6) is 0 Å². The first-order valence-electron chi connectivity index (χ1n) is 7.63. The number of aliphatic hydroxyl groups is 2. The number of hydrogen-bond donors (Lipinski definition) is 3. The topological polar surface area (TPSA) is 99.1 Å². The molecule has 1 fully saturated rings. The minimum Gasteiger partial charge on any atom is -0.502 e. The lowest BCUT2D eigenvalue weighted by molar-refractivity contribution is -0.119. The average molecular weight is 368 g/mol. The van der Waals surface area contributed by atoms with Crippen molar-refractivity contribution in [2.24, 2.45) is 0 Å². The predicted octanol–water partition coefficient (Wildman–Crippen LogP) is 1.62. The summed E-state index contributed by atoms with van der Waals surface area (Å²) in [4.78, 5) is 24.2. The first-order chi connectivity index (χ1) is 11.9. The molecule has 2 aliphatic heterocycles. The second-order valence-corrected chi connectivity index (χ2v) is 6.77. The van der Waals surface area contributed by atoms with Crippen LogP contribution in [0.1, 0.15) is 12.5 Å². The largest absolute Gasteiger partial charge is 0.502 e. The van der Waals surface area contributed by atoms with Gasteiger partial charge in [-0.25, -0.2) is 9.18 Å². The van der Waals surface area contributed by atoms with E-state index in [9.17, 15) is 24.2 Å². The van der Waals surface area contributed by atoms with Gasteiger partial charge in [0, 0.05) is 23.8 Å². The van der Waals surface area contributed by atoms with Crippen molar-refractivity contribution in [1.82, 2.24) is 5.32 Å². The Hall–Kier alpha value is -2.26. The number of halogens is 1. The van der Waals surface area contributed by atoms with Gasteiger partial charge in [0.2, 0.25) is 5.91 Å². The summed E-state index contributed by atoms with van der Waals surface area (Å²) in [6, 6.07) is 4.10. The van der Waals surface area contributed by atoms with Crippen LogP contribution in [0.2, 0.25) is 0 Å². The van der Waals surface area contributed by atoms with Crippen LogP contribution < -0.4 is 10.2 Å². The maximum Gasteiger partial charge on any atom is 0.414 e. The van der Waals surface area contributed by atoms with E-state index in [0.717, 1.165) is 17.8 Å². The van der Waals surface area contributed by atoms with Crippen molar-refractivity contribution in [3.63, 3.8) is 0 Å². The van der Waals surface area contributed by atoms with Gasteiger partial charge in [-0.15, -0.1) is 0 Å². The fourth-order valence-corrected chi connectivity index (χ4v) is 3.63. The maximum absolute atomic E-state index is 14.5. The van der Waals surface area contributed by atoms with Crippen molar-refractivity contribution in [3.8, 4) is 0 Å². The van der Waals surface area contributed by atoms with Crippen LogP contribution in [0.3, 0.4) is 0 Å². The van der Waals surface area contributed by atoms with E-state index < -0.39 is 24.1 Å². The monoisotopic (exact) mass is 368 g/mol. The minimum absolute atomic E-state index is 0.0983. The van der Waals surface area contributed by atoms with Crippen LogP contribution in [0, 0.1) is 5.82 Å². The molecule has 0 saturated carbocycles. The molecule has 2 heterocycles. The summed E-state index contributed by atoms with van der Waals surface area (Å²) >= 11 is 1.05. The molecule has 1 aromatic carbocycles. The van der Waals surface area contributed by atoms with E-state index in [1.165, 1.54) is 24.0 Å². The molecule has 0 aliphatic carbocycles. The van der Waals surface area contributed by atoms with Gasteiger partial charge in [-0.1, -0.05) is 11.8 Å². The van der Waals surface area contributed by atoms with Gasteiger partial charge in [-0.3, -0.25) is 9.69 Å². The highest BCUT2D eigenvalue weighted by Gasteiger charge is 2.33. The zero-order valence-electron chi connectivity index (χ0n) is 13.4. The molecule has 134 valence electrons. The number of hydrogen-bond acceptors (Lipinski definition) is 6. The lowest BCUT2D eigenvalue weighted by atomic mass is 10.0. The fourth-order valence-electron chi connectivity index (χ4n) is 2.74. The second kappa shape index (κ2) is 6.93. The number of nitrogens with one attached hydrogen (secondary N) is 1. The molecule has 3 rings (SSSR count). The predicted molar refractivity (Wildman–Crippen MR) is 90.7 cm³/mol. The molecule has 0 aromatic heterocycles. The maximum atomic E-state index is 14.5. The van der Waals surface area contributed by atoms with E-state index in [1.807, 2.05) is 0 Å². The summed E-state index contributed by atoms with van der Waals surface area (Å²) in [5.41, 5.74) is 0.555. The minimum atomic E-state index is -0.941.